The number of para-hydroxylation sites is 1. The van der Waals surface area contributed by atoms with E-state index in [9.17, 15) is 5.11 Å². The molecular weight excluding hydrogens is 262 g/mol. The second kappa shape index (κ2) is 7.13. The van der Waals surface area contributed by atoms with Crippen LogP contribution in [0.25, 0.3) is 0 Å². The van der Waals surface area contributed by atoms with Crippen LogP contribution in [0.1, 0.15) is 19.8 Å². The third-order valence-electron chi connectivity index (χ3n) is 3.48. The van der Waals surface area contributed by atoms with Crippen LogP contribution >= 0.6 is 11.6 Å². The van der Waals surface area contributed by atoms with Crippen molar-refractivity contribution in [2.45, 2.75) is 25.9 Å². The highest BCUT2D eigenvalue weighted by molar-refractivity contribution is 6.32. The van der Waals surface area contributed by atoms with Gasteiger partial charge in [0.05, 0.1) is 5.02 Å². The lowest BCUT2D eigenvalue weighted by atomic mass is 10.0. The van der Waals surface area contributed by atoms with Crippen molar-refractivity contribution in [3.05, 3.63) is 29.3 Å². The summed E-state index contributed by atoms with van der Waals surface area (Å²) in [5.74, 6) is 1.36. The van der Waals surface area contributed by atoms with Crippen LogP contribution < -0.4 is 4.74 Å². The van der Waals surface area contributed by atoms with Gasteiger partial charge in [0.1, 0.15) is 18.5 Å². The first-order chi connectivity index (χ1) is 9.15. The molecule has 1 N–H and O–H groups in total. The number of hydrogen-bond acceptors (Lipinski definition) is 3. The molecule has 2 unspecified atom stereocenters. The van der Waals surface area contributed by atoms with Gasteiger partial charge in [0.25, 0.3) is 0 Å². The molecule has 1 saturated heterocycles. The minimum atomic E-state index is -0.471. The van der Waals surface area contributed by atoms with Gasteiger partial charge in [-0.1, -0.05) is 30.7 Å². The summed E-state index contributed by atoms with van der Waals surface area (Å²) >= 11 is 6.00. The van der Waals surface area contributed by atoms with E-state index in [1.807, 2.05) is 18.2 Å². The van der Waals surface area contributed by atoms with Gasteiger partial charge in [-0.3, -0.25) is 0 Å². The van der Waals surface area contributed by atoms with E-state index in [0.717, 1.165) is 19.0 Å². The maximum atomic E-state index is 10.0. The van der Waals surface area contributed by atoms with Crippen LogP contribution in [0.15, 0.2) is 24.3 Å². The first-order valence-electron chi connectivity index (χ1n) is 6.93. The van der Waals surface area contributed by atoms with Gasteiger partial charge in [-0.05, 0) is 37.4 Å². The maximum Gasteiger partial charge on any atom is 0.138 e. The van der Waals surface area contributed by atoms with Gasteiger partial charge in [-0.2, -0.15) is 0 Å². The summed E-state index contributed by atoms with van der Waals surface area (Å²) < 4.78 is 5.56. The van der Waals surface area contributed by atoms with Gasteiger partial charge < -0.3 is 14.7 Å². The summed E-state index contributed by atoms with van der Waals surface area (Å²) in [4.78, 5) is 2.31. The Morgan fingerprint density at radius 3 is 3.00 bits per heavy atom. The highest BCUT2D eigenvalue weighted by Gasteiger charge is 2.19. The summed E-state index contributed by atoms with van der Waals surface area (Å²) in [6, 6.07) is 7.34. The topological polar surface area (TPSA) is 32.7 Å². The second-order valence-electron chi connectivity index (χ2n) is 5.40. The Bertz CT molecular complexity index is 399. The van der Waals surface area contributed by atoms with Gasteiger partial charge in [0.2, 0.25) is 0 Å². The molecule has 0 saturated carbocycles. The molecule has 2 rings (SSSR count). The largest absolute Gasteiger partial charge is 0.489 e. The molecule has 1 aliphatic heterocycles. The van der Waals surface area contributed by atoms with E-state index in [1.165, 1.54) is 12.8 Å². The highest BCUT2D eigenvalue weighted by Crippen LogP contribution is 2.23. The number of β-amino-alcohol motifs (C(OH)–C–C–N with tert-alkyl or cyclic N) is 1. The van der Waals surface area contributed by atoms with Crippen LogP contribution in [-0.4, -0.2) is 42.4 Å². The normalized spacial score (nSPS) is 22.2. The average molecular weight is 284 g/mol. The number of aliphatic hydroxyl groups is 1. The molecule has 0 spiro atoms. The van der Waals surface area contributed by atoms with E-state index < -0.39 is 6.10 Å². The summed E-state index contributed by atoms with van der Waals surface area (Å²) in [5, 5.41) is 10.6. The Morgan fingerprint density at radius 2 is 2.26 bits per heavy atom. The number of hydrogen-bond donors (Lipinski definition) is 1. The quantitative estimate of drug-likeness (QED) is 0.902. The number of rotatable bonds is 5. The number of nitrogens with zero attached hydrogens (tertiary/aromatic N) is 1. The Labute approximate surface area is 120 Å². The number of likely N-dealkylation sites (tertiary alicyclic amines) is 1. The lowest BCUT2D eigenvalue weighted by Gasteiger charge is -2.32. The van der Waals surface area contributed by atoms with E-state index >= 15 is 0 Å². The molecule has 1 fully saturated rings. The van der Waals surface area contributed by atoms with Crippen LogP contribution in [0.3, 0.4) is 0 Å². The van der Waals surface area contributed by atoms with Crippen LogP contribution in [0, 0.1) is 5.92 Å². The van der Waals surface area contributed by atoms with Gasteiger partial charge >= 0.3 is 0 Å². The Hall–Kier alpha value is -0.770. The SMILES string of the molecule is CC1CCCN(CC(O)COc2ccccc2Cl)C1. The molecule has 0 bridgehead atoms. The predicted molar refractivity (Wildman–Crippen MR) is 77.8 cm³/mol. The van der Waals surface area contributed by atoms with Crippen molar-refractivity contribution in [2.24, 2.45) is 5.92 Å². The molecule has 1 aromatic rings. The monoisotopic (exact) mass is 283 g/mol. The summed E-state index contributed by atoms with van der Waals surface area (Å²) in [5.41, 5.74) is 0. The van der Waals surface area contributed by atoms with Crippen LogP contribution in [0.2, 0.25) is 5.02 Å². The summed E-state index contributed by atoms with van der Waals surface area (Å²) in [7, 11) is 0. The van der Waals surface area contributed by atoms with Crippen molar-refractivity contribution in [3.63, 3.8) is 0 Å². The molecule has 1 heterocycles. The fraction of sp³-hybridized carbons (Fsp3) is 0.600. The van der Waals surface area contributed by atoms with E-state index in [0.29, 0.717) is 17.3 Å². The highest BCUT2D eigenvalue weighted by atomic mass is 35.5. The molecule has 3 nitrogen and oxygen atoms in total. The molecule has 0 amide bonds. The third-order valence-corrected chi connectivity index (χ3v) is 3.79. The molecule has 2 atom stereocenters. The molecule has 0 aromatic heterocycles. The smallest absolute Gasteiger partial charge is 0.138 e. The molecule has 19 heavy (non-hydrogen) atoms. The van der Waals surface area contributed by atoms with Gasteiger partial charge in [0, 0.05) is 13.1 Å². The minimum absolute atomic E-state index is 0.286. The van der Waals surface area contributed by atoms with Crippen molar-refractivity contribution >= 4 is 11.6 Å². The molecule has 1 aliphatic rings. The van der Waals surface area contributed by atoms with Crippen LogP contribution in [0.4, 0.5) is 0 Å². The Balaban J connectivity index is 1.75. The van der Waals surface area contributed by atoms with Crippen molar-refractivity contribution in [1.82, 2.24) is 4.90 Å². The zero-order valence-electron chi connectivity index (χ0n) is 11.4. The van der Waals surface area contributed by atoms with Gasteiger partial charge in [-0.25, -0.2) is 0 Å². The zero-order chi connectivity index (χ0) is 13.7. The first kappa shape index (κ1) is 14.6. The van der Waals surface area contributed by atoms with E-state index in [4.69, 9.17) is 16.3 Å². The van der Waals surface area contributed by atoms with Crippen molar-refractivity contribution in [2.75, 3.05) is 26.2 Å². The standard InChI is InChI=1S/C15H22ClNO2/c1-12-5-4-8-17(9-12)10-13(18)11-19-15-7-3-2-6-14(15)16/h2-3,6-7,12-13,18H,4-5,8-11H2,1H3. The number of benzene rings is 1. The molecule has 106 valence electrons. The molecule has 1 aromatic carbocycles. The van der Waals surface area contributed by atoms with Crippen molar-refractivity contribution in [3.8, 4) is 5.75 Å². The molecular formula is C15H22ClNO2. The van der Waals surface area contributed by atoms with Crippen molar-refractivity contribution < 1.29 is 9.84 Å². The molecule has 0 radical (unpaired) electrons. The third kappa shape index (κ3) is 4.68. The van der Waals surface area contributed by atoms with Crippen LogP contribution in [-0.2, 0) is 0 Å². The zero-order valence-corrected chi connectivity index (χ0v) is 12.1. The number of piperidine rings is 1. The molecule has 0 aliphatic carbocycles. The van der Waals surface area contributed by atoms with Gasteiger partial charge in [-0.15, -0.1) is 0 Å². The minimum Gasteiger partial charge on any atom is -0.489 e. The summed E-state index contributed by atoms with van der Waals surface area (Å²) in [6.45, 7) is 5.37. The maximum absolute atomic E-state index is 10.0. The fourth-order valence-corrected chi connectivity index (χ4v) is 2.74. The van der Waals surface area contributed by atoms with Crippen molar-refractivity contribution in [1.29, 1.82) is 0 Å². The number of ether oxygens (including phenoxy) is 1. The Morgan fingerprint density at radius 1 is 1.47 bits per heavy atom. The fourth-order valence-electron chi connectivity index (χ4n) is 2.55. The second-order valence-corrected chi connectivity index (χ2v) is 5.81. The predicted octanol–water partition coefficient (Wildman–Crippen LogP) is 2.81. The summed E-state index contributed by atoms with van der Waals surface area (Å²) in [6.07, 6.45) is 2.05. The Kier molecular flexibility index (Phi) is 5.49. The lowest BCUT2D eigenvalue weighted by molar-refractivity contribution is 0.0537. The average Bonchev–Trinajstić information content (AvgIpc) is 2.38. The van der Waals surface area contributed by atoms with E-state index in [1.54, 1.807) is 6.07 Å². The molecule has 4 heteroatoms. The first-order valence-corrected chi connectivity index (χ1v) is 7.30. The lowest BCUT2D eigenvalue weighted by Crippen LogP contribution is -2.41. The van der Waals surface area contributed by atoms with Crippen LogP contribution in [0.5, 0.6) is 5.75 Å². The van der Waals surface area contributed by atoms with Gasteiger partial charge in [0.15, 0.2) is 0 Å². The van der Waals surface area contributed by atoms with E-state index in [2.05, 4.69) is 11.8 Å². The van der Waals surface area contributed by atoms with E-state index in [-0.39, 0.29) is 6.61 Å². The number of aliphatic hydroxyl groups excluding tert-OH is 1. The number of halogens is 1.